The molecule has 0 aromatic rings. The normalized spacial score (nSPS) is 11.2. The Labute approximate surface area is 82.5 Å². The summed E-state index contributed by atoms with van der Waals surface area (Å²) in [6.07, 6.45) is 11.7. The van der Waals surface area contributed by atoms with Crippen molar-refractivity contribution in [2.75, 3.05) is 0 Å². The molecule has 1 nitrogen and oxygen atoms in total. The van der Waals surface area contributed by atoms with E-state index in [0.29, 0.717) is 0 Å². The fraction of sp³-hybridized carbons (Fsp3) is 0.833. The summed E-state index contributed by atoms with van der Waals surface area (Å²) in [5.74, 6) is 2.61. The van der Waals surface area contributed by atoms with Crippen LogP contribution in [0, 0.1) is 12.3 Å². The molecule has 13 heavy (non-hydrogen) atoms. The molecule has 0 amide bonds. The van der Waals surface area contributed by atoms with Gasteiger partial charge in [0.1, 0.15) is 0 Å². The van der Waals surface area contributed by atoms with E-state index in [1.807, 2.05) is 0 Å². The molecule has 0 aliphatic rings. The van der Waals surface area contributed by atoms with E-state index >= 15 is 0 Å². The zero-order valence-corrected chi connectivity index (χ0v) is 8.97. The number of rotatable bonds is 7. The molecule has 0 unspecified atom stereocenters. The monoisotopic (exact) mass is 182 g/mol. The summed E-state index contributed by atoms with van der Waals surface area (Å²) in [4.78, 5) is 0. The van der Waals surface area contributed by atoms with E-state index < -0.39 is 5.60 Å². The molecule has 0 heterocycles. The highest BCUT2D eigenvalue weighted by Crippen LogP contribution is 2.25. The Morgan fingerprint density at radius 2 is 1.69 bits per heavy atom. The lowest BCUT2D eigenvalue weighted by Crippen LogP contribution is -2.27. The van der Waals surface area contributed by atoms with Gasteiger partial charge in [-0.1, -0.05) is 26.7 Å². The Hall–Kier alpha value is -0.480. The predicted molar refractivity (Wildman–Crippen MR) is 57.4 cm³/mol. The molecule has 0 bridgehead atoms. The second kappa shape index (κ2) is 6.97. The molecule has 76 valence electrons. The number of aliphatic hydroxyl groups is 1. The van der Waals surface area contributed by atoms with E-state index in [1.54, 1.807) is 0 Å². The van der Waals surface area contributed by atoms with E-state index in [9.17, 15) is 5.11 Å². The highest BCUT2D eigenvalue weighted by molar-refractivity contribution is 4.85. The van der Waals surface area contributed by atoms with E-state index in [-0.39, 0.29) is 0 Å². The van der Waals surface area contributed by atoms with Gasteiger partial charge in [0.25, 0.3) is 0 Å². The first-order valence-corrected chi connectivity index (χ1v) is 5.34. The topological polar surface area (TPSA) is 20.2 Å². The number of hydrogen-bond acceptors (Lipinski definition) is 1. The van der Waals surface area contributed by atoms with Crippen LogP contribution in [0.1, 0.15) is 58.8 Å². The standard InChI is InChI=1S/C12H22O/c1-4-7-8-11-12(13,9-5-2)10-6-3/h1,13H,5-11H2,2-3H3. The van der Waals surface area contributed by atoms with Gasteiger partial charge in [-0.3, -0.25) is 0 Å². The largest absolute Gasteiger partial charge is 0.390 e. The second-order valence-electron chi connectivity index (χ2n) is 3.78. The first-order chi connectivity index (χ1) is 6.18. The zero-order valence-electron chi connectivity index (χ0n) is 8.97. The number of terminal acetylenes is 1. The number of hydrogen-bond donors (Lipinski definition) is 1. The van der Waals surface area contributed by atoms with Crippen LogP contribution in [-0.2, 0) is 0 Å². The summed E-state index contributed by atoms with van der Waals surface area (Å²) >= 11 is 0. The summed E-state index contributed by atoms with van der Waals surface area (Å²) in [6.45, 7) is 4.23. The van der Waals surface area contributed by atoms with Gasteiger partial charge < -0.3 is 5.11 Å². The van der Waals surface area contributed by atoms with Crippen molar-refractivity contribution < 1.29 is 5.11 Å². The van der Waals surface area contributed by atoms with Crippen molar-refractivity contribution in [3.8, 4) is 12.3 Å². The molecule has 0 fully saturated rings. The van der Waals surface area contributed by atoms with Gasteiger partial charge in [-0.15, -0.1) is 12.3 Å². The lowest BCUT2D eigenvalue weighted by atomic mass is 9.87. The van der Waals surface area contributed by atoms with Crippen molar-refractivity contribution in [3.63, 3.8) is 0 Å². The average molecular weight is 182 g/mol. The van der Waals surface area contributed by atoms with Crippen molar-refractivity contribution in [2.24, 2.45) is 0 Å². The highest BCUT2D eigenvalue weighted by Gasteiger charge is 2.23. The first kappa shape index (κ1) is 12.5. The van der Waals surface area contributed by atoms with Crippen molar-refractivity contribution in [1.29, 1.82) is 0 Å². The minimum Gasteiger partial charge on any atom is -0.390 e. The van der Waals surface area contributed by atoms with Gasteiger partial charge in [-0.2, -0.15) is 0 Å². The lowest BCUT2D eigenvalue weighted by molar-refractivity contribution is 0.0115. The molecule has 1 N–H and O–H groups in total. The van der Waals surface area contributed by atoms with Crippen LogP contribution in [0.15, 0.2) is 0 Å². The van der Waals surface area contributed by atoms with Gasteiger partial charge in [0.15, 0.2) is 0 Å². The first-order valence-electron chi connectivity index (χ1n) is 5.34. The SMILES string of the molecule is C#CCCCC(O)(CCC)CCC. The summed E-state index contributed by atoms with van der Waals surface area (Å²) in [7, 11) is 0. The molecule has 0 radical (unpaired) electrons. The van der Waals surface area contributed by atoms with Gasteiger partial charge in [0.2, 0.25) is 0 Å². The van der Waals surface area contributed by atoms with Crippen molar-refractivity contribution in [2.45, 2.75) is 64.4 Å². The summed E-state index contributed by atoms with van der Waals surface area (Å²) < 4.78 is 0. The smallest absolute Gasteiger partial charge is 0.0648 e. The Kier molecular flexibility index (Phi) is 6.72. The fourth-order valence-corrected chi connectivity index (χ4v) is 1.83. The molecule has 0 rings (SSSR count). The second-order valence-corrected chi connectivity index (χ2v) is 3.78. The van der Waals surface area contributed by atoms with Gasteiger partial charge in [-0.25, -0.2) is 0 Å². The van der Waals surface area contributed by atoms with Crippen LogP contribution >= 0.6 is 0 Å². The van der Waals surface area contributed by atoms with Gasteiger partial charge in [0, 0.05) is 6.42 Å². The van der Waals surface area contributed by atoms with Crippen LogP contribution in [0.5, 0.6) is 0 Å². The third-order valence-corrected chi connectivity index (χ3v) is 2.39. The molecular formula is C12H22O. The highest BCUT2D eigenvalue weighted by atomic mass is 16.3. The minimum absolute atomic E-state index is 0.444. The Morgan fingerprint density at radius 3 is 2.08 bits per heavy atom. The zero-order chi connectivity index (χ0) is 10.2. The van der Waals surface area contributed by atoms with E-state index in [2.05, 4.69) is 19.8 Å². The quantitative estimate of drug-likeness (QED) is 0.474. The molecule has 0 aromatic heterocycles. The summed E-state index contributed by atoms with van der Waals surface area (Å²) in [6, 6.07) is 0. The lowest BCUT2D eigenvalue weighted by Gasteiger charge is -2.27. The van der Waals surface area contributed by atoms with Crippen molar-refractivity contribution in [3.05, 3.63) is 0 Å². The third kappa shape index (κ3) is 5.71. The van der Waals surface area contributed by atoms with Crippen LogP contribution in [0.25, 0.3) is 0 Å². The molecular weight excluding hydrogens is 160 g/mol. The van der Waals surface area contributed by atoms with Crippen LogP contribution in [-0.4, -0.2) is 10.7 Å². The molecule has 0 aliphatic heterocycles. The van der Waals surface area contributed by atoms with E-state index in [4.69, 9.17) is 6.42 Å². The van der Waals surface area contributed by atoms with Crippen LogP contribution < -0.4 is 0 Å². The summed E-state index contributed by atoms with van der Waals surface area (Å²) in [5, 5.41) is 10.2. The Morgan fingerprint density at radius 1 is 1.15 bits per heavy atom. The summed E-state index contributed by atoms with van der Waals surface area (Å²) in [5.41, 5.74) is -0.444. The maximum Gasteiger partial charge on any atom is 0.0648 e. The molecule has 0 saturated heterocycles. The third-order valence-electron chi connectivity index (χ3n) is 2.39. The van der Waals surface area contributed by atoms with Crippen LogP contribution in [0.2, 0.25) is 0 Å². The maximum atomic E-state index is 10.2. The molecule has 0 saturated carbocycles. The number of unbranched alkanes of at least 4 members (excludes halogenated alkanes) is 1. The van der Waals surface area contributed by atoms with Gasteiger partial charge in [0.05, 0.1) is 5.60 Å². The van der Waals surface area contributed by atoms with Gasteiger partial charge >= 0.3 is 0 Å². The molecule has 0 atom stereocenters. The van der Waals surface area contributed by atoms with Crippen molar-refractivity contribution >= 4 is 0 Å². The maximum absolute atomic E-state index is 10.2. The van der Waals surface area contributed by atoms with E-state index in [1.165, 1.54) is 0 Å². The molecule has 0 spiro atoms. The van der Waals surface area contributed by atoms with Crippen molar-refractivity contribution in [1.82, 2.24) is 0 Å². The Balaban J connectivity index is 3.85. The average Bonchev–Trinajstić information content (AvgIpc) is 2.05. The Bertz CT molecular complexity index is 149. The van der Waals surface area contributed by atoms with Crippen LogP contribution in [0.3, 0.4) is 0 Å². The van der Waals surface area contributed by atoms with Gasteiger partial charge in [-0.05, 0) is 25.7 Å². The molecule has 0 aromatic carbocycles. The molecule has 0 aliphatic carbocycles. The van der Waals surface area contributed by atoms with Crippen LogP contribution in [0.4, 0.5) is 0 Å². The fourth-order valence-electron chi connectivity index (χ4n) is 1.83. The molecule has 1 heteroatoms. The predicted octanol–water partition coefficient (Wildman–Crippen LogP) is 3.12. The van der Waals surface area contributed by atoms with E-state index in [0.717, 1.165) is 44.9 Å². The minimum atomic E-state index is -0.444.